The van der Waals surface area contributed by atoms with Crippen molar-refractivity contribution in [1.29, 1.82) is 0 Å². The van der Waals surface area contributed by atoms with Crippen molar-refractivity contribution in [1.82, 2.24) is 4.90 Å². The Morgan fingerprint density at radius 2 is 2.42 bits per heavy atom. The minimum Gasteiger partial charge on any atom is -0.490 e. The first-order valence-corrected chi connectivity index (χ1v) is 6.50. The summed E-state index contributed by atoms with van der Waals surface area (Å²) in [6.07, 6.45) is 3.39. The molecule has 1 heterocycles. The molecule has 1 aliphatic rings. The van der Waals surface area contributed by atoms with Crippen molar-refractivity contribution in [3.63, 3.8) is 0 Å². The van der Waals surface area contributed by atoms with Gasteiger partial charge in [0, 0.05) is 6.54 Å². The van der Waals surface area contributed by atoms with Gasteiger partial charge < -0.3 is 9.84 Å². The lowest BCUT2D eigenvalue weighted by Gasteiger charge is -2.21. The van der Waals surface area contributed by atoms with Gasteiger partial charge in [0.2, 0.25) is 0 Å². The Bertz CT molecular complexity index is 458. The van der Waals surface area contributed by atoms with Gasteiger partial charge in [-0.1, -0.05) is 24.8 Å². The van der Waals surface area contributed by atoms with Crippen LogP contribution in [0.1, 0.15) is 18.4 Å². The third-order valence-electron chi connectivity index (χ3n) is 3.30. The van der Waals surface area contributed by atoms with E-state index < -0.39 is 5.97 Å². The maximum Gasteiger partial charge on any atom is 0.320 e. The number of aliphatic carboxylic acids is 1. The minimum atomic E-state index is -0.725. The van der Waals surface area contributed by atoms with Crippen LogP contribution in [0.2, 0.25) is 0 Å². The first kappa shape index (κ1) is 13.6. The van der Waals surface area contributed by atoms with Crippen LogP contribution in [0.15, 0.2) is 36.9 Å². The second-order valence-corrected chi connectivity index (χ2v) is 4.71. The fourth-order valence-corrected chi connectivity index (χ4v) is 2.42. The quantitative estimate of drug-likeness (QED) is 0.798. The molecule has 1 saturated heterocycles. The number of rotatable bonds is 6. The summed E-state index contributed by atoms with van der Waals surface area (Å²) >= 11 is 0. The average Bonchev–Trinajstić information content (AvgIpc) is 2.85. The minimum absolute atomic E-state index is 0.349. The highest BCUT2D eigenvalue weighted by Gasteiger charge is 2.30. The van der Waals surface area contributed by atoms with E-state index in [0.29, 0.717) is 13.2 Å². The molecule has 1 unspecified atom stereocenters. The number of benzene rings is 1. The third kappa shape index (κ3) is 3.58. The van der Waals surface area contributed by atoms with Crippen molar-refractivity contribution in [3.8, 4) is 5.75 Å². The fraction of sp³-hybridized carbons (Fsp3) is 0.400. The lowest BCUT2D eigenvalue weighted by molar-refractivity contribution is -0.142. The van der Waals surface area contributed by atoms with E-state index in [4.69, 9.17) is 9.84 Å². The Morgan fingerprint density at radius 1 is 1.58 bits per heavy atom. The summed E-state index contributed by atoms with van der Waals surface area (Å²) in [5.74, 6) is 0.0695. The Hall–Kier alpha value is -1.81. The van der Waals surface area contributed by atoms with Gasteiger partial charge in [-0.25, -0.2) is 0 Å². The van der Waals surface area contributed by atoms with Crippen molar-refractivity contribution >= 4 is 5.97 Å². The van der Waals surface area contributed by atoms with Gasteiger partial charge in [-0.2, -0.15) is 0 Å². The molecule has 1 aliphatic heterocycles. The van der Waals surface area contributed by atoms with Crippen LogP contribution < -0.4 is 4.74 Å². The second-order valence-electron chi connectivity index (χ2n) is 4.71. The summed E-state index contributed by atoms with van der Waals surface area (Å²) in [4.78, 5) is 13.1. The maximum absolute atomic E-state index is 11.1. The second kappa shape index (κ2) is 6.38. The number of likely N-dealkylation sites (tertiary alicyclic amines) is 1. The number of hydrogen-bond acceptors (Lipinski definition) is 3. The summed E-state index contributed by atoms with van der Waals surface area (Å²) in [5, 5.41) is 9.15. The molecule has 4 heteroatoms. The molecule has 0 amide bonds. The molecule has 0 saturated carbocycles. The molecule has 0 aromatic heterocycles. The van der Waals surface area contributed by atoms with E-state index in [2.05, 4.69) is 6.58 Å². The highest BCUT2D eigenvalue weighted by atomic mass is 16.5. The highest BCUT2D eigenvalue weighted by Crippen LogP contribution is 2.22. The standard InChI is InChI=1S/C15H19NO3/c1-2-9-19-13-6-3-5-12(10-13)11-16-8-4-7-14(16)15(17)18/h2-3,5-6,10,14H,1,4,7-9,11H2,(H,17,18). The van der Waals surface area contributed by atoms with Crippen molar-refractivity contribution < 1.29 is 14.6 Å². The van der Waals surface area contributed by atoms with Gasteiger partial charge >= 0.3 is 5.97 Å². The zero-order chi connectivity index (χ0) is 13.7. The maximum atomic E-state index is 11.1. The molecule has 19 heavy (non-hydrogen) atoms. The number of carboxylic acids is 1. The van der Waals surface area contributed by atoms with Crippen molar-refractivity contribution in [3.05, 3.63) is 42.5 Å². The van der Waals surface area contributed by atoms with Gasteiger partial charge in [0.1, 0.15) is 18.4 Å². The Balaban J connectivity index is 2.02. The van der Waals surface area contributed by atoms with E-state index >= 15 is 0 Å². The van der Waals surface area contributed by atoms with Crippen molar-refractivity contribution in [2.24, 2.45) is 0 Å². The first-order chi connectivity index (χ1) is 9.20. The molecule has 1 aromatic carbocycles. The summed E-state index contributed by atoms with van der Waals surface area (Å²) in [5.41, 5.74) is 1.08. The zero-order valence-corrected chi connectivity index (χ0v) is 10.9. The summed E-state index contributed by atoms with van der Waals surface area (Å²) in [6, 6.07) is 7.43. The molecule has 102 valence electrons. The van der Waals surface area contributed by atoms with E-state index in [1.54, 1.807) is 6.08 Å². The number of carboxylic acid groups (broad SMARTS) is 1. The Kier molecular flexibility index (Phi) is 4.58. The molecule has 1 fully saturated rings. The van der Waals surface area contributed by atoms with Crippen LogP contribution in [0.4, 0.5) is 0 Å². The molecular formula is C15H19NO3. The van der Waals surface area contributed by atoms with Gasteiger partial charge in [0.05, 0.1) is 0 Å². The Morgan fingerprint density at radius 3 is 3.16 bits per heavy atom. The van der Waals surface area contributed by atoms with Gasteiger partial charge in [0.15, 0.2) is 0 Å². The number of hydrogen-bond donors (Lipinski definition) is 1. The van der Waals surface area contributed by atoms with Crippen LogP contribution in [-0.2, 0) is 11.3 Å². The largest absolute Gasteiger partial charge is 0.490 e. The topological polar surface area (TPSA) is 49.8 Å². The predicted octanol–water partition coefficient (Wildman–Crippen LogP) is 2.30. The molecule has 0 bridgehead atoms. The van der Waals surface area contributed by atoms with Crippen LogP contribution >= 0.6 is 0 Å². The van der Waals surface area contributed by atoms with Gasteiger partial charge in [0.25, 0.3) is 0 Å². The van der Waals surface area contributed by atoms with Crippen LogP contribution in [-0.4, -0.2) is 35.2 Å². The monoisotopic (exact) mass is 261 g/mol. The van der Waals surface area contributed by atoms with E-state index in [1.165, 1.54) is 0 Å². The first-order valence-electron chi connectivity index (χ1n) is 6.50. The average molecular weight is 261 g/mol. The van der Waals surface area contributed by atoms with E-state index in [0.717, 1.165) is 30.7 Å². The Labute approximate surface area is 113 Å². The molecule has 1 aromatic rings. The predicted molar refractivity (Wildman–Crippen MR) is 73.2 cm³/mol. The van der Waals surface area contributed by atoms with Crippen LogP contribution in [0.3, 0.4) is 0 Å². The summed E-state index contributed by atoms with van der Waals surface area (Å²) in [7, 11) is 0. The van der Waals surface area contributed by atoms with Gasteiger partial charge in [-0.15, -0.1) is 0 Å². The molecule has 0 aliphatic carbocycles. The van der Waals surface area contributed by atoms with Crippen molar-refractivity contribution in [2.75, 3.05) is 13.2 Å². The number of carbonyl (C=O) groups is 1. The smallest absolute Gasteiger partial charge is 0.320 e. The molecule has 1 N–H and O–H groups in total. The molecule has 4 nitrogen and oxygen atoms in total. The summed E-state index contributed by atoms with van der Waals surface area (Å²) in [6.45, 7) is 5.59. The van der Waals surface area contributed by atoms with Crippen LogP contribution in [0.25, 0.3) is 0 Å². The zero-order valence-electron chi connectivity index (χ0n) is 10.9. The number of nitrogens with zero attached hydrogens (tertiary/aromatic N) is 1. The van der Waals surface area contributed by atoms with E-state index in [9.17, 15) is 4.79 Å². The molecule has 0 spiro atoms. The summed E-state index contributed by atoms with van der Waals surface area (Å²) < 4.78 is 5.48. The molecule has 2 rings (SSSR count). The third-order valence-corrected chi connectivity index (χ3v) is 3.30. The fourth-order valence-electron chi connectivity index (χ4n) is 2.42. The SMILES string of the molecule is C=CCOc1cccc(CN2CCCC2C(=O)O)c1. The normalized spacial score (nSPS) is 19.3. The van der Waals surface area contributed by atoms with Crippen LogP contribution in [0, 0.1) is 0 Å². The van der Waals surface area contributed by atoms with Gasteiger partial charge in [-0.3, -0.25) is 9.69 Å². The highest BCUT2D eigenvalue weighted by molar-refractivity contribution is 5.73. The van der Waals surface area contributed by atoms with Crippen molar-refractivity contribution in [2.45, 2.75) is 25.4 Å². The van der Waals surface area contributed by atoms with E-state index in [1.807, 2.05) is 29.2 Å². The van der Waals surface area contributed by atoms with E-state index in [-0.39, 0.29) is 6.04 Å². The lowest BCUT2D eigenvalue weighted by atomic mass is 10.1. The number of ether oxygens (including phenoxy) is 1. The lowest BCUT2D eigenvalue weighted by Crippen LogP contribution is -2.35. The molecule has 0 radical (unpaired) electrons. The van der Waals surface area contributed by atoms with Gasteiger partial charge in [-0.05, 0) is 37.1 Å². The molecule has 1 atom stereocenters. The molecular weight excluding hydrogens is 242 g/mol. The van der Waals surface area contributed by atoms with Crippen LogP contribution in [0.5, 0.6) is 5.75 Å².